The number of amides is 1. The number of nitrogens with one attached hydrogen (secondary N) is 1. The fraction of sp³-hybridized carbons (Fsp3) is 0.467. The van der Waals surface area contributed by atoms with Crippen molar-refractivity contribution in [2.24, 2.45) is 0 Å². The van der Waals surface area contributed by atoms with E-state index in [0.717, 1.165) is 22.6 Å². The Morgan fingerprint density at radius 1 is 1.00 bits per heavy atom. The van der Waals surface area contributed by atoms with Crippen molar-refractivity contribution >= 4 is 34.5 Å². The Labute approximate surface area is 158 Å². The molecule has 0 fully saturated rings. The summed E-state index contributed by atoms with van der Waals surface area (Å²) in [5, 5.41) is 2.00. The van der Waals surface area contributed by atoms with E-state index in [0.29, 0.717) is 13.3 Å². The molecule has 0 aliphatic rings. The number of esters is 1. The number of halogens is 7. The van der Waals surface area contributed by atoms with Crippen LogP contribution in [0.25, 0.3) is 0 Å². The molecule has 0 saturated carbocycles. The van der Waals surface area contributed by atoms with Crippen LogP contribution in [0, 0.1) is 26.8 Å². The summed E-state index contributed by atoms with van der Waals surface area (Å²) in [5.74, 6) is -14.5. The van der Waals surface area contributed by atoms with E-state index in [1.165, 1.54) is 0 Å². The highest BCUT2D eigenvalue weighted by molar-refractivity contribution is 14.1. The SMILES string of the molecule is CC(F)(F)C(=O)NCCCCCC(=O)Oc1c(F)c(F)c(F)c(I)c1F. The van der Waals surface area contributed by atoms with Crippen LogP contribution in [-0.4, -0.2) is 24.3 Å². The molecule has 0 aromatic heterocycles. The molecule has 1 N–H and O–H groups in total. The summed E-state index contributed by atoms with van der Waals surface area (Å²) >= 11 is 1.10. The Morgan fingerprint density at radius 3 is 2.19 bits per heavy atom. The highest BCUT2D eigenvalue weighted by Crippen LogP contribution is 2.31. The Balaban J connectivity index is 2.44. The Bertz CT molecular complexity index is 664. The third-order valence-corrected chi connectivity index (χ3v) is 4.07. The molecule has 26 heavy (non-hydrogen) atoms. The van der Waals surface area contributed by atoms with E-state index in [9.17, 15) is 35.9 Å². The molecule has 0 aliphatic heterocycles. The third kappa shape index (κ3) is 6.02. The van der Waals surface area contributed by atoms with Crippen LogP contribution in [0.15, 0.2) is 0 Å². The van der Waals surface area contributed by atoms with Gasteiger partial charge in [-0.15, -0.1) is 0 Å². The molecule has 1 aromatic rings. The van der Waals surface area contributed by atoms with Crippen LogP contribution >= 0.6 is 22.6 Å². The summed E-state index contributed by atoms with van der Waals surface area (Å²) < 4.78 is 82.2. The summed E-state index contributed by atoms with van der Waals surface area (Å²) in [6, 6.07) is 0. The van der Waals surface area contributed by atoms with Gasteiger partial charge in [-0.2, -0.15) is 13.2 Å². The molecule has 146 valence electrons. The topological polar surface area (TPSA) is 55.4 Å². The van der Waals surface area contributed by atoms with E-state index in [1.54, 1.807) is 0 Å². The number of hydrogen-bond donors (Lipinski definition) is 1. The fourth-order valence-electron chi connectivity index (χ4n) is 1.77. The molecule has 11 heteroatoms. The molecule has 1 aromatic carbocycles. The van der Waals surface area contributed by atoms with E-state index >= 15 is 0 Å². The fourth-order valence-corrected chi connectivity index (χ4v) is 2.25. The first-order valence-electron chi connectivity index (χ1n) is 7.35. The Morgan fingerprint density at radius 2 is 1.62 bits per heavy atom. The number of carbonyl (C=O) groups excluding carboxylic acids is 2. The molecule has 0 atom stereocenters. The van der Waals surface area contributed by atoms with Gasteiger partial charge in [0.15, 0.2) is 17.5 Å². The number of hydrogen-bond acceptors (Lipinski definition) is 3. The second-order valence-corrected chi connectivity index (χ2v) is 6.41. The molecule has 0 unspecified atom stereocenters. The van der Waals surface area contributed by atoms with Gasteiger partial charge in [0.25, 0.3) is 5.91 Å². The smallest absolute Gasteiger partial charge is 0.321 e. The molecule has 0 bridgehead atoms. The lowest BCUT2D eigenvalue weighted by atomic mass is 10.2. The minimum absolute atomic E-state index is 0.0397. The van der Waals surface area contributed by atoms with Gasteiger partial charge in [-0.05, 0) is 35.4 Å². The zero-order valence-electron chi connectivity index (χ0n) is 13.4. The summed E-state index contributed by atoms with van der Waals surface area (Å²) in [4.78, 5) is 22.4. The number of unbranched alkanes of at least 4 members (excludes halogenated alkanes) is 2. The largest absolute Gasteiger partial charge is 0.420 e. The Kier molecular flexibility index (Phi) is 8.15. The predicted molar refractivity (Wildman–Crippen MR) is 86.7 cm³/mol. The van der Waals surface area contributed by atoms with Crippen molar-refractivity contribution in [1.29, 1.82) is 0 Å². The Hall–Kier alpha value is -1.53. The van der Waals surface area contributed by atoms with Gasteiger partial charge in [-0.1, -0.05) is 6.42 Å². The van der Waals surface area contributed by atoms with Crippen molar-refractivity contribution in [3.8, 4) is 5.75 Å². The van der Waals surface area contributed by atoms with Gasteiger partial charge in [0, 0.05) is 19.9 Å². The van der Waals surface area contributed by atoms with E-state index in [2.05, 4.69) is 4.74 Å². The number of ether oxygens (including phenoxy) is 1. The quantitative estimate of drug-likeness (QED) is 0.112. The minimum Gasteiger partial charge on any atom is -0.420 e. The first-order chi connectivity index (χ1) is 12.0. The van der Waals surface area contributed by atoms with Crippen LogP contribution in [0.1, 0.15) is 32.6 Å². The molecule has 0 heterocycles. The zero-order chi connectivity index (χ0) is 20.1. The maximum Gasteiger partial charge on any atom is 0.321 e. The summed E-state index contributed by atoms with van der Waals surface area (Å²) in [6.45, 7) is 0.415. The molecule has 0 radical (unpaired) electrons. The molecular formula is C15H14F6INO3. The molecule has 0 aliphatic carbocycles. The van der Waals surface area contributed by atoms with Crippen LogP contribution in [0.2, 0.25) is 0 Å². The molecular weight excluding hydrogens is 483 g/mol. The van der Waals surface area contributed by atoms with Crippen molar-refractivity contribution < 1.29 is 40.7 Å². The second-order valence-electron chi connectivity index (χ2n) is 5.33. The van der Waals surface area contributed by atoms with Gasteiger partial charge in [0.05, 0.1) is 3.57 Å². The minimum atomic E-state index is -3.49. The maximum absolute atomic E-state index is 13.7. The third-order valence-electron chi connectivity index (χ3n) is 3.13. The van der Waals surface area contributed by atoms with Crippen molar-refractivity contribution in [1.82, 2.24) is 5.32 Å². The van der Waals surface area contributed by atoms with Crippen LogP contribution in [0.3, 0.4) is 0 Å². The van der Waals surface area contributed by atoms with Gasteiger partial charge >= 0.3 is 11.9 Å². The van der Waals surface area contributed by atoms with Crippen LogP contribution in [0.5, 0.6) is 5.75 Å². The molecule has 1 amide bonds. The molecule has 0 spiro atoms. The zero-order valence-corrected chi connectivity index (χ0v) is 15.6. The molecule has 1 rings (SSSR count). The predicted octanol–water partition coefficient (Wildman–Crippen LogP) is 4.08. The average Bonchev–Trinajstić information content (AvgIpc) is 2.57. The first kappa shape index (κ1) is 22.5. The summed E-state index contributed by atoms with van der Waals surface area (Å²) in [7, 11) is 0. The van der Waals surface area contributed by atoms with Crippen molar-refractivity contribution in [3.63, 3.8) is 0 Å². The van der Waals surface area contributed by atoms with Crippen LogP contribution in [0.4, 0.5) is 26.3 Å². The second kappa shape index (κ2) is 9.42. The van der Waals surface area contributed by atoms with E-state index in [4.69, 9.17) is 0 Å². The lowest BCUT2D eigenvalue weighted by molar-refractivity contribution is -0.143. The summed E-state index contributed by atoms with van der Waals surface area (Å²) in [5.41, 5.74) is 0. The lowest BCUT2D eigenvalue weighted by Crippen LogP contribution is -2.38. The number of alkyl halides is 2. The van der Waals surface area contributed by atoms with E-state index in [1.807, 2.05) is 5.32 Å². The monoisotopic (exact) mass is 497 g/mol. The van der Waals surface area contributed by atoms with Gasteiger partial charge in [0.2, 0.25) is 11.6 Å². The van der Waals surface area contributed by atoms with Crippen LogP contribution in [-0.2, 0) is 9.59 Å². The number of rotatable bonds is 8. The maximum atomic E-state index is 13.7. The van der Waals surface area contributed by atoms with Gasteiger partial charge in [-0.25, -0.2) is 13.2 Å². The van der Waals surface area contributed by atoms with Crippen molar-refractivity contribution in [3.05, 3.63) is 26.8 Å². The average molecular weight is 497 g/mol. The standard InChI is InChI=1S/C15H14F6INO3/c1-15(20,21)14(25)23-6-4-2-3-5-7(24)26-13-10(18)8(16)9(17)12(22)11(13)19/h2-6H2,1H3,(H,23,25). The normalized spacial score (nSPS) is 11.4. The van der Waals surface area contributed by atoms with Gasteiger partial charge in [0.1, 0.15) is 0 Å². The van der Waals surface area contributed by atoms with Crippen LogP contribution < -0.4 is 10.1 Å². The molecule has 4 nitrogen and oxygen atoms in total. The summed E-state index contributed by atoms with van der Waals surface area (Å²) in [6.07, 6.45) is 0.472. The lowest BCUT2D eigenvalue weighted by Gasteiger charge is -2.11. The number of carbonyl (C=O) groups is 2. The van der Waals surface area contributed by atoms with Gasteiger partial charge < -0.3 is 10.1 Å². The highest BCUT2D eigenvalue weighted by atomic mass is 127. The number of benzene rings is 1. The van der Waals surface area contributed by atoms with E-state index < -0.39 is 50.4 Å². The van der Waals surface area contributed by atoms with E-state index in [-0.39, 0.29) is 25.8 Å². The highest BCUT2D eigenvalue weighted by Gasteiger charge is 2.31. The molecule has 0 saturated heterocycles. The van der Waals surface area contributed by atoms with Gasteiger partial charge in [-0.3, -0.25) is 9.59 Å². The van der Waals surface area contributed by atoms with Crippen molar-refractivity contribution in [2.75, 3.05) is 6.54 Å². The van der Waals surface area contributed by atoms with Crippen molar-refractivity contribution in [2.45, 2.75) is 38.5 Å². The first-order valence-corrected chi connectivity index (χ1v) is 8.43.